The number of aromatic nitrogens is 5. The van der Waals surface area contributed by atoms with Gasteiger partial charge in [0.1, 0.15) is 23.0 Å². The molecule has 1 amide bonds. The van der Waals surface area contributed by atoms with Gasteiger partial charge in [-0.25, -0.2) is 9.97 Å². The van der Waals surface area contributed by atoms with Crippen molar-refractivity contribution in [1.82, 2.24) is 29.0 Å². The molecule has 0 spiro atoms. The molecule has 0 fully saturated rings. The van der Waals surface area contributed by atoms with Gasteiger partial charge in [-0.3, -0.25) is 4.79 Å². The Morgan fingerprint density at radius 2 is 1.93 bits per heavy atom. The maximum absolute atomic E-state index is 13.4. The fourth-order valence-corrected chi connectivity index (χ4v) is 5.27. The number of hydrogen-bond donors (Lipinski definition) is 3. The minimum Gasteiger partial charge on any atom is -0.496 e. The van der Waals surface area contributed by atoms with Crippen LogP contribution in [0.1, 0.15) is 48.1 Å². The van der Waals surface area contributed by atoms with Gasteiger partial charge in [0.25, 0.3) is 5.91 Å². The molecular weight excluding hydrogens is 558 g/mol. The molecule has 1 unspecified atom stereocenters. The lowest BCUT2D eigenvalue weighted by Gasteiger charge is -2.21. The van der Waals surface area contributed by atoms with Crippen molar-refractivity contribution in [2.24, 2.45) is 7.05 Å². The number of carbonyl (C=O) groups is 1. The van der Waals surface area contributed by atoms with E-state index in [-0.39, 0.29) is 12.5 Å². The topological polar surface area (TPSA) is 130 Å². The highest BCUT2D eigenvalue weighted by Gasteiger charge is 2.25. The van der Waals surface area contributed by atoms with Crippen LogP contribution in [0.3, 0.4) is 0 Å². The molecule has 0 radical (unpaired) electrons. The van der Waals surface area contributed by atoms with Crippen molar-refractivity contribution in [1.29, 1.82) is 0 Å². The normalized spacial score (nSPS) is 12.4. The molecule has 5 aromatic rings. The Kier molecular flexibility index (Phi) is 8.44. The van der Waals surface area contributed by atoms with Crippen LogP contribution in [0.5, 0.6) is 5.75 Å². The minimum absolute atomic E-state index is 0.179. The lowest BCUT2D eigenvalue weighted by molar-refractivity contribution is 0.0700. The number of ether oxygens (including phenoxy) is 1. The molecule has 1 atom stereocenters. The summed E-state index contributed by atoms with van der Waals surface area (Å²) in [6.45, 7) is 7.58. The number of carbonyl (C=O) groups excluding carboxylic acids is 1. The van der Waals surface area contributed by atoms with Gasteiger partial charge in [0.2, 0.25) is 0 Å². The van der Waals surface area contributed by atoms with E-state index in [0.717, 1.165) is 28.1 Å². The van der Waals surface area contributed by atoms with Crippen LogP contribution in [0.25, 0.3) is 28.2 Å². The fourth-order valence-electron chi connectivity index (χ4n) is 5.27. The molecule has 3 N–H and O–H groups in total. The van der Waals surface area contributed by atoms with Crippen molar-refractivity contribution in [3.05, 3.63) is 83.4 Å². The molecule has 44 heavy (non-hydrogen) atoms. The molecule has 0 aliphatic heterocycles. The van der Waals surface area contributed by atoms with E-state index >= 15 is 0 Å². The zero-order valence-corrected chi connectivity index (χ0v) is 26.2. The number of aliphatic hydroxyl groups is 2. The Morgan fingerprint density at radius 1 is 1.16 bits per heavy atom. The van der Waals surface area contributed by atoms with Crippen molar-refractivity contribution in [2.75, 3.05) is 26.0 Å². The Bertz CT molecular complexity index is 1820. The minimum atomic E-state index is -1.23. The first kappa shape index (κ1) is 30.7. The number of rotatable bonds is 10. The van der Waals surface area contributed by atoms with Crippen LogP contribution in [0.15, 0.2) is 60.9 Å². The van der Waals surface area contributed by atoms with Crippen molar-refractivity contribution < 1.29 is 19.7 Å². The number of imidazole rings is 1. The van der Waals surface area contributed by atoms with Gasteiger partial charge >= 0.3 is 0 Å². The van der Waals surface area contributed by atoms with E-state index in [1.807, 2.05) is 49.0 Å². The number of aliphatic hydroxyl groups excluding tert-OH is 1. The summed E-state index contributed by atoms with van der Waals surface area (Å²) in [6, 6.07) is 15.3. The summed E-state index contributed by atoms with van der Waals surface area (Å²) in [4.78, 5) is 24.1. The molecule has 230 valence electrons. The molecule has 0 aliphatic carbocycles. The van der Waals surface area contributed by atoms with E-state index < -0.39 is 11.7 Å². The first-order chi connectivity index (χ1) is 20.9. The van der Waals surface area contributed by atoms with Crippen molar-refractivity contribution in [2.45, 2.75) is 45.9 Å². The summed E-state index contributed by atoms with van der Waals surface area (Å²) < 4.78 is 9.22. The Hall–Kier alpha value is -4.74. The molecule has 0 saturated carbocycles. The van der Waals surface area contributed by atoms with Crippen LogP contribution in [0, 0.1) is 6.92 Å². The Morgan fingerprint density at radius 3 is 2.59 bits per heavy atom. The second kappa shape index (κ2) is 12.1. The molecule has 5 rings (SSSR count). The van der Waals surface area contributed by atoms with Gasteiger partial charge in [-0.1, -0.05) is 24.3 Å². The number of hydrogen-bond acceptors (Lipinski definition) is 8. The molecule has 11 nitrogen and oxygen atoms in total. The number of amides is 1. The standard InChI is InChI=1S/C33H39N7O4/c1-20(41)19-39(6)32(42)25-16-23(11-12-26(25)44-7)29-21(2)37-40-28(17-27(33(3,4)43)36-31(29)40)35-18-22-9-8-10-24(15-22)30-34-13-14-38(30)5/h8-17,20,35,41,43H,18-19H2,1-7H3. The summed E-state index contributed by atoms with van der Waals surface area (Å²) in [5.74, 6) is 1.68. The third-order valence-corrected chi connectivity index (χ3v) is 7.47. The van der Waals surface area contributed by atoms with Gasteiger partial charge < -0.3 is 29.7 Å². The first-order valence-electron chi connectivity index (χ1n) is 14.4. The Balaban J connectivity index is 1.57. The highest BCUT2D eigenvalue weighted by Crippen LogP contribution is 2.34. The third kappa shape index (κ3) is 6.15. The summed E-state index contributed by atoms with van der Waals surface area (Å²) in [5.41, 5.74) is 4.34. The van der Waals surface area contributed by atoms with Crippen LogP contribution >= 0.6 is 0 Å². The van der Waals surface area contributed by atoms with E-state index in [1.165, 1.54) is 12.0 Å². The number of benzene rings is 2. The average molecular weight is 598 g/mol. The molecule has 2 aromatic carbocycles. The summed E-state index contributed by atoms with van der Waals surface area (Å²) >= 11 is 0. The highest BCUT2D eigenvalue weighted by molar-refractivity contribution is 5.99. The maximum Gasteiger partial charge on any atom is 0.257 e. The first-order valence-corrected chi connectivity index (χ1v) is 14.4. The van der Waals surface area contributed by atoms with E-state index in [9.17, 15) is 15.0 Å². The van der Waals surface area contributed by atoms with E-state index in [4.69, 9.17) is 14.8 Å². The zero-order chi connectivity index (χ0) is 31.8. The third-order valence-electron chi connectivity index (χ3n) is 7.47. The van der Waals surface area contributed by atoms with Crippen molar-refractivity contribution >= 4 is 17.4 Å². The summed E-state index contributed by atoms with van der Waals surface area (Å²) in [6.07, 6.45) is 3.02. The molecule has 3 aromatic heterocycles. The molecule has 3 heterocycles. The maximum atomic E-state index is 13.4. The van der Waals surface area contributed by atoms with Crippen LogP contribution < -0.4 is 10.1 Å². The zero-order valence-electron chi connectivity index (χ0n) is 26.2. The summed E-state index contributed by atoms with van der Waals surface area (Å²) in [5, 5.41) is 29.1. The van der Waals surface area contributed by atoms with Gasteiger partial charge in [0, 0.05) is 56.8 Å². The second-order valence-electron chi connectivity index (χ2n) is 11.6. The quantitative estimate of drug-likeness (QED) is 0.216. The van der Waals surface area contributed by atoms with Gasteiger partial charge in [-0.15, -0.1) is 0 Å². The van der Waals surface area contributed by atoms with Gasteiger partial charge in [-0.2, -0.15) is 9.61 Å². The predicted molar refractivity (Wildman–Crippen MR) is 170 cm³/mol. The second-order valence-corrected chi connectivity index (χ2v) is 11.6. The number of nitrogens with zero attached hydrogens (tertiary/aromatic N) is 6. The van der Waals surface area contributed by atoms with Gasteiger partial charge in [-0.05, 0) is 57.0 Å². The van der Waals surface area contributed by atoms with Crippen LogP contribution in [-0.2, 0) is 19.2 Å². The van der Waals surface area contributed by atoms with Gasteiger partial charge in [0.15, 0.2) is 5.65 Å². The van der Waals surface area contributed by atoms with Crippen molar-refractivity contribution in [3.8, 4) is 28.3 Å². The number of fused-ring (bicyclic) bond motifs is 1. The molecule has 0 saturated heterocycles. The number of anilines is 1. The van der Waals surface area contributed by atoms with Crippen molar-refractivity contribution in [3.63, 3.8) is 0 Å². The average Bonchev–Trinajstić information content (AvgIpc) is 3.56. The van der Waals surface area contributed by atoms with Crippen LogP contribution in [-0.4, -0.2) is 72.0 Å². The SMILES string of the molecule is COc1ccc(-c2c(C)nn3c(NCc4cccc(-c5nccn5C)c4)cc(C(C)(C)O)nc23)cc1C(=O)N(C)CC(C)O. The lowest BCUT2D eigenvalue weighted by Crippen LogP contribution is -2.33. The van der Waals surface area contributed by atoms with E-state index in [0.29, 0.717) is 40.7 Å². The number of aryl methyl sites for hydroxylation is 2. The smallest absolute Gasteiger partial charge is 0.257 e. The van der Waals surface area contributed by atoms with E-state index in [2.05, 4.69) is 16.4 Å². The molecule has 0 bridgehead atoms. The van der Waals surface area contributed by atoms with Crippen LogP contribution in [0.2, 0.25) is 0 Å². The number of likely N-dealkylation sites (N-methyl/N-ethyl adjacent to an activating group) is 1. The largest absolute Gasteiger partial charge is 0.496 e. The molecule has 0 aliphatic rings. The number of nitrogens with one attached hydrogen (secondary N) is 1. The molecular formula is C33H39N7O4. The highest BCUT2D eigenvalue weighted by atomic mass is 16.5. The monoisotopic (exact) mass is 597 g/mol. The van der Waals surface area contributed by atoms with Crippen LogP contribution in [0.4, 0.5) is 5.82 Å². The fraction of sp³-hybridized carbons (Fsp3) is 0.333. The predicted octanol–water partition coefficient (Wildman–Crippen LogP) is 4.41. The van der Waals surface area contributed by atoms with E-state index in [1.54, 1.807) is 56.7 Å². The van der Waals surface area contributed by atoms with Gasteiger partial charge in [0.05, 0.1) is 30.2 Å². The summed E-state index contributed by atoms with van der Waals surface area (Å²) in [7, 11) is 5.12. The lowest BCUT2D eigenvalue weighted by atomic mass is 10.0. The number of methoxy groups -OCH3 is 1. The molecule has 11 heteroatoms. The Labute approximate surface area is 256 Å².